The molecule has 1 N–H and O–H groups in total. The topological polar surface area (TPSA) is 41.1 Å². The third-order valence-electron chi connectivity index (χ3n) is 4.03. The van der Waals surface area contributed by atoms with Crippen molar-refractivity contribution in [2.75, 3.05) is 19.6 Å². The van der Waals surface area contributed by atoms with Gasteiger partial charge in [-0.15, -0.1) is 0 Å². The summed E-state index contributed by atoms with van der Waals surface area (Å²) in [6.45, 7) is 10.7. The lowest BCUT2D eigenvalue weighted by molar-refractivity contribution is 0.117. The van der Waals surface area contributed by atoms with Crippen LogP contribution in [0.4, 0.5) is 0 Å². The van der Waals surface area contributed by atoms with E-state index in [1.54, 1.807) is 0 Å². The quantitative estimate of drug-likeness (QED) is 0.881. The van der Waals surface area contributed by atoms with Crippen molar-refractivity contribution in [2.24, 2.45) is 0 Å². The van der Waals surface area contributed by atoms with Crippen LogP contribution >= 0.6 is 0 Å². The van der Waals surface area contributed by atoms with Crippen LogP contribution in [-0.2, 0) is 6.54 Å². The maximum absolute atomic E-state index is 4.49. The fraction of sp³-hybridized carbons (Fsp3) is 0.714. The Kier molecular flexibility index (Phi) is 4.30. The average Bonchev–Trinajstić information content (AvgIpc) is 2.39. The smallest absolute Gasteiger partial charge is 0.125 e. The fourth-order valence-corrected chi connectivity index (χ4v) is 2.72. The number of aryl methyl sites for hydroxylation is 1. The molecule has 1 aliphatic rings. The first-order valence-corrected chi connectivity index (χ1v) is 6.93. The standard InChI is InChI=1S/C14H24N4/c1-4-14(5-2)11-18(9-8-16-14)10-13-6-7-15-12(3)17-13/h6-7,16H,4-5,8-11H2,1-3H3. The monoisotopic (exact) mass is 248 g/mol. The molecule has 0 spiro atoms. The summed E-state index contributed by atoms with van der Waals surface area (Å²) in [4.78, 5) is 11.2. The first-order valence-electron chi connectivity index (χ1n) is 6.93. The molecule has 2 rings (SSSR count). The van der Waals surface area contributed by atoms with E-state index in [0.717, 1.165) is 37.7 Å². The normalized spacial score (nSPS) is 19.9. The number of rotatable bonds is 4. The summed E-state index contributed by atoms with van der Waals surface area (Å²) >= 11 is 0. The van der Waals surface area contributed by atoms with Gasteiger partial charge in [0, 0.05) is 37.9 Å². The summed E-state index contributed by atoms with van der Waals surface area (Å²) in [6.07, 6.45) is 4.22. The third-order valence-corrected chi connectivity index (χ3v) is 4.03. The molecule has 1 aliphatic heterocycles. The van der Waals surface area contributed by atoms with Crippen molar-refractivity contribution in [3.8, 4) is 0 Å². The highest BCUT2D eigenvalue weighted by Crippen LogP contribution is 2.20. The van der Waals surface area contributed by atoms with E-state index in [-0.39, 0.29) is 0 Å². The summed E-state index contributed by atoms with van der Waals surface area (Å²) < 4.78 is 0. The predicted molar refractivity (Wildman–Crippen MR) is 73.4 cm³/mol. The van der Waals surface area contributed by atoms with Gasteiger partial charge in [0.25, 0.3) is 0 Å². The maximum Gasteiger partial charge on any atom is 0.125 e. The van der Waals surface area contributed by atoms with Crippen LogP contribution in [0.2, 0.25) is 0 Å². The highest BCUT2D eigenvalue weighted by atomic mass is 15.2. The Balaban J connectivity index is 2.01. The molecule has 18 heavy (non-hydrogen) atoms. The van der Waals surface area contributed by atoms with Gasteiger partial charge in [-0.3, -0.25) is 4.90 Å². The van der Waals surface area contributed by atoms with Crippen molar-refractivity contribution >= 4 is 0 Å². The van der Waals surface area contributed by atoms with Crippen molar-refractivity contribution in [2.45, 2.75) is 45.7 Å². The molecule has 100 valence electrons. The lowest BCUT2D eigenvalue weighted by Crippen LogP contribution is -2.59. The first-order chi connectivity index (χ1) is 8.67. The van der Waals surface area contributed by atoms with E-state index in [0.29, 0.717) is 5.54 Å². The molecule has 1 fully saturated rings. The molecule has 0 aliphatic carbocycles. The molecule has 0 unspecified atom stereocenters. The molecule has 0 amide bonds. The Bertz CT molecular complexity index is 387. The molecule has 1 aromatic heterocycles. The molecular formula is C14H24N4. The Morgan fingerprint density at radius 3 is 2.83 bits per heavy atom. The van der Waals surface area contributed by atoms with Crippen LogP contribution in [0.3, 0.4) is 0 Å². The maximum atomic E-state index is 4.49. The molecule has 1 aromatic rings. The molecule has 0 bridgehead atoms. The van der Waals surface area contributed by atoms with Gasteiger partial charge >= 0.3 is 0 Å². The van der Waals surface area contributed by atoms with E-state index in [9.17, 15) is 0 Å². The van der Waals surface area contributed by atoms with Gasteiger partial charge < -0.3 is 5.32 Å². The van der Waals surface area contributed by atoms with Crippen LogP contribution in [-0.4, -0.2) is 40.0 Å². The number of aromatic nitrogens is 2. The number of piperazine rings is 1. The summed E-state index contributed by atoms with van der Waals surface area (Å²) in [5.74, 6) is 0.861. The second-order valence-electron chi connectivity index (χ2n) is 5.22. The number of nitrogens with zero attached hydrogens (tertiary/aromatic N) is 3. The second-order valence-corrected chi connectivity index (χ2v) is 5.22. The van der Waals surface area contributed by atoms with Gasteiger partial charge in [0.2, 0.25) is 0 Å². The van der Waals surface area contributed by atoms with E-state index in [1.165, 1.54) is 12.8 Å². The average molecular weight is 248 g/mol. The molecule has 1 saturated heterocycles. The highest BCUT2D eigenvalue weighted by Gasteiger charge is 2.31. The van der Waals surface area contributed by atoms with Gasteiger partial charge in [0.05, 0.1) is 5.69 Å². The van der Waals surface area contributed by atoms with Crippen molar-refractivity contribution in [1.29, 1.82) is 0 Å². The lowest BCUT2D eigenvalue weighted by atomic mass is 9.90. The summed E-state index contributed by atoms with van der Waals surface area (Å²) in [5.41, 5.74) is 1.42. The zero-order valence-electron chi connectivity index (χ0n) is 11.7. The largest absolute Gasteiger partial charge is 0.309 e. The van der Waals surface area contributed by atoms with Crippen LogP contribution in [0.25, 0.3) is 0 Å². The van der Waals surface area contributed by atoms with Crippen molar-refractivity contribution in [3.05, 3.63) is 23.8 Å². The summed E-state index contributed by atoms with van der Waals surface area (Å²) in [6, 6.07) is 2.02. The SMILES string of the molecule is CCC1(CC)CN(Cc2ccnc(C)n2)CCN1. The minimum Gasteiger partial charge on any atom is -0.309 e. The summed E-state index contributed by atoms with van der Waals surface area (Å²) in [5, 5.41) is 3.68. The van der Waals surface area contributed by atoms with Crippen LogP contribution < -0.4 is 5.32 Å². The zero-order chi connectivity index (χ0) is 13.0. The third kappa shape index (κ3) is 3.06. The minimum absolute atomic E-state index is 0.292. The Labute approximate surface area is 110 Å². The van der Waals surface area contributed by atoms with E-state index in [1.807, 2.05) is 19.2 Å². The van der Waals surface area contributed by atoms with Gasteiger partial charge in [-0.25, -0.2) is 9.97 Å². The van der Waals surface area contributed by atoms with Crippen molar-refractivity contribution in [3.63, 3.8) is 0 Å². The molecule has 4 nitrogen and oxygen atoms in total. The van der Waals surface area contributed by atoms with E-state index < -0.39 is 0 Å². The van der Waals surface area contributed by atoms with E-state index in [4.69, 9.17) is 0 Å². The Morgan fingerprint density at radius 1 is 1.39 bits per heavy atom. The molecule has 0 aromatic carbocycles. The Hall–Kier alpha value is -1.00. The number of nitrogens with one attached hydrogen (secondary N) is 1. The molecular weight excluding hydrogens is 224 g/mol. The van der Waals surface area contributed by atoms with Crippen LogP contribution in [0.5, 0.6) is 0 Å². The molecule has 0 atom stereocenters. The molecule has 4 heteroatoms. The second kappa shape index (κ2) is 5.76. The first kappa shape index (κ1) is 13.4. The fourth-order valence-electron chi connectivity index (χ4n) is 2.72. The zero-order valence-corrected chi connectivity index (χ0v) is 11.7. The van der Waals surface area contributed by atoms with Gasteiger partial charge in [-0.2, -0.15) is 0 Å². The number of hydrogen-bond donors (Lipinski definition) is 1. The van der Waals surface area contributed by atoms with Gasteiger partial charge in [0.1, 0.15) is 5.82 Å². The van der Waals surface area contributed by atoms with Crippen molar-refractivity contribution < 1.29 is 0 Å². The van der Waals surface area contributed by atoms with Gasteiger partial charge in [-0.1, -0.05) is 13.8 Å². The predicted octanol–water partition coefficient (Wildman–Crippen LogP) is 1.75. The summed E-state index contributed by atoms with van der Waals surface area (Å²) in [7, 11) is 0. The van der Waals surface area contributed by atoms with E-state index in [2.05, 4.69) is 34.0 Å². The van der Waals surface area contributed by atoms with E-state index >= 15 is 0 Å². The van der Waals surface area contributed by atoms with Gasteiger partial charge in [-0.05, 0) is 25.8 Å². The molecule has 2 heterocycles. The van der Waals surface area contributed by atoms with Crippen LogP contribution in [0, 0.1) is 6.92 Å². The minimum atomic E-state index is 0.292. The Morgan fingerprint density at radius 2 is 2.17 bits per heavy atom. The number of hydrogen-bond acceptors (Lipinski definition) is 4. The van der Waals surface area contributed by atoms with Crippen molar-refractivity contribution in [1.82, 2.24) is 20.2 Å². The molecule has 0 radical (unpaired) electrons. The highest BCUT2D eigenvalue weighted by molar-refractivity contribution is 5.03. The van der Waals surface area contributed by atoms with Gasteiger partial charge in [0.15, 0.2) is 0 Å². The van der Waals surface area contributed by atoms with Crippen LogP contribution in [0.15, 0.2) is 12.3 Å². The lowest BCUT2D eigenvalue weighted by Gasteiger charge is -2.43. The molecule has 0 saturated carbocycles. The van der Waals surface area contributed by atoms with Crippen LogP contribution in [0.1, 0.15) is 38.2 Å².